The van der Waals surface area contributed by atoms with Gasteiger partial charge < -0.3 is 4.98 Å². The van der Waals surface area contributed by atoms with Crippen LogP contribution in [0.3, 0.4) is 0 Å². The summed E-state index contributed by atoms with van der Waals surface area (Å²) < 4.78 is 26.4. The standard InChI is InChI=1S/C18H15F2N3O2S/c1-8-15(10(3)24)9(2)21-16(8)17(25)23-18-22-14(7-26-18)11-4-5-12(19)13(20)6-11/h4-7,21H,1-3H3,(H,22,23,25). The van der Waals surface area contributed by atoms with Crippen molar-refractivity contribution in [1.82, 2.24) is 9.97 Å². The van der Waals surface area contributed by atoms with Crippen molar-refractivity contribution in [2.75, 3.05) is 5.32 Å². The van der Waals surface area contributed by atoms with E-state index in [1.54, 1.807) is 19.2 Å². The third-order valence-electron chi connectivity index (χ3n) is 3.96. The molecule has 2 heterocycles. The maximum Gasteiger partial charge on any atom is 0.274 e. The first-order valence-electron chi connectivity index (χ1n) is 7.70. The maximum absolute atomic E-state index is 13.4. The van der Waals surface area contributed by atoms with Gasteiger partial charge in [0.1, 0.15) is 5.69 Å². The number of nitrogens with one attached hydrogen (secondary N) is 2. The predicted molar refractivity (Wildman–Crippen MR) is 95.7 cm³/mol. The van der Waals surface area contributed by atoms with Crippen LogP contribution in [0.2, 0.25) is 0 Å². The number of hydrogen-bond donors (Lipinski definition) is 2. The lowest BCUT2D eigenvalue weighted by Crippen LogP contribution is -2.13. The molecule has 134 valence electrons. The molecule has 0 aliphatic carbocycles. The van der Waals surface area contributed by atoms with Crippen molar-refractivity contribution >= 4 is 28.2 Å². The molecule has 26 heavy (non-hydrogen) atoms. The molecule has 2 aromatic heterocycles. The Morgan fingerprint density at radius 1 is 1.19 bits per heavy atom. The fourth-order valence-electron chi connectivity index (χ4n) is 2.78. The predicted octanol–water partition coefficient (Wildman–Crippen LogP) is 4.49. The number of anilines is 1. The average Bonchev–Trinajstić information content (AvgIpc) is 3.14. The Morgan fingerprint density at radius 3 is 2.54 bits per heavy atom. The Labute approximate surface area is 152 Å². The van der Waals surface area contributed by atoms with Crippen molar-refractivity contribution in [3.63, 3.8) is 0 Å². The van der Waals surface area contributed by atoms with Crippen molar-refractivity contribution in [3.8, 4) is 11.3 Å². The van der Waals surface area contributed by atoms with Gasteiger partial charge in [0.05, 0.1) is 5.69 Å². The van der Waals surface area contributed by atoms with Crippen LogP contribution in [0.1, 0.15) is 39.0 Å². The van der Waals surface area contributed by atoms with Gasteiger partial charge in [-0.1, -0.05) is 0 Å². The summed E-state index contributed by atoms with van der Waals surface area (Å²) in [6.07, 6.45) is 0. The number of aromatic amines is 1. The lowest BCUT2D eigenvalue weighted by atomic mass is 10.1. The number of nitrogens with zero attached hydrogens (tertiary/aromatic N) is 1. The van der Waals surface area contributed by atoms with E-state index in [2.05, 4.69) is 15.3 Å². The number of aromatic nitrogens is 2. The highest BCUT2D eigenvalue weighted by Crippen LogP contribution is 2.27. The monoisotopic (exact) mass is 375 g/mol. The molecule has 3 rings (SSSR count). The van der Waals surface area contributed by atoms with E-state index in [1.807, 2.05) is 0 Å². The number of thiazole rings is 1. The Kier molecular flexibility index (Phi) is 4.69. The molecule has 0 fully saturated rings. The summed E-state index contributed by atoms with van der Waals surface area (Å²) in [6.45, 7) is 4.87. The Balaban J connectivity index is 1.83. The van der Waals surface area contributed by atoms with E-state index in [4.69, 9.17) is 0 Å². The summed E-state index contributed by atoms with van der Waals surface area (Å²) in [5.74, 6) is -2.44. The van der Waals surface area contributed by atoms with Gasteiger partial charge in [-0.3, -0.25) is 14.9 Å². The second-order valence-corrected chi connectivity index (χ2v) is 6.66. The van der Waals surface area contributed by atoms with Crippen LogP contribution in [0.25, 0.3) is 11.3 Å². The molecule has 2 N–H and O–H groups in total. The first-order chi connectivity index (χ1) is 12.3. The highest BCUT2D eigenvalue weighted by molar-refractivity contribution is 7.14. The number of rotatable bonds is 4. The minimum absolute atomic E-state index is 0.120. The third-order valence-corrected chi connectivity index (χ3v) is 4.71. The summed E-state index contributed by atoms with van der Waals surface area (Å²) in [6, 6.07) is 3.49. The molecule has 0 radical (unpaired) electrons. The van der Waals surface area contributed by atoms with Crippen LogP contribution in [-0.2, 0) is 0 Å². The molecule has 3 aromatic rings. The first kappa shape index (κ1) is 17.9. The maximum atomic E-state index is 13.4. The highest BCUT2D eigenvalue weighted by atomic mass is 32.1. The van der Waals surface area contributed by atoms with Crippen LogP contribution >= 0.6 is 11.3 Å². The van der Waals surface area contributed by atoms with Crippen LogP contribution in [0, 0.1) is 25.5 Å². The molecule has 0 saturated heterocycles. The molecule has 0 saturated carbocycles. The Hall–Kier alpha value is -2.87. The van der Waals surface area contributed by atoms with Crippen molar-refractivity contribution in [1.29, 1.82) is 0 Å². The summed E-state index contributed by atoms with van der Waals surface area (Å²) in [4.78, 5) is 31.3. The quantitative estimate of drug-likeness (QED) is 0.660. The molecule has 0 aliphatic rings. The van der Waals surface area contributed by atoms with E-state index in [1.165, 1.54) is 13.0 Å². The Morgan fingerprint density at radius 2 is 1.92 bits per heavy atom. The molecule has 1 amide bonds. The van der Waals surface area contributed by atoms with Gasteiger partial charge in [-0.25, -0.2) is 13.8 Å². The van der Waals surface area contributed by atoms with Crippen LogP contribution in [-0.4, -0.2) is 21.7 Å². The number of benzene rings is 1. The minimum atomic E-state index is -0.963. The molecular formula is C18H15F2N3O2S. The average molecular weight is 375 g/mol. The molecule has 0 spiro atoms. The van der Waals surface area contributed by atoms with Gasteiger partial charge in [0, 0.05) is 22.2 Å². The molecule has 8 heteroatoms. The smallest absolute Gasteiger partial charge is 0.274 e. The van der Waals surface area contributed by atoms with Gasteiger partial charge in [0.15, 0.2) is 22.5 Å². The van der Waals surface area contributed by atoms with E-state index in [9.17, 15) is 18.4 Å². The number of halogens is 2. The van der Waals surface area contributed by atoms with E-state index in [-0.39, 0.29) is 11.5 Å². The molecular weight excluding hydrogens is 360 g/mol. The van der Waals surface area contributed by atoms with Gasteiger partial charge in [-0.15, -0.1) is 11.3 Å². The van der Waals surface area contributed by atoms with Crippen LogP contribution in [0.15, 0.2) is 23.6 Å². The lowest BCUT2D eigenvalue weighted by Gasteiger charge is -2.01. The number of amides is 1. The fraction of sp³-hybridized carbons (Fsp3) is 0.167. The molecule has 1 aromatic carbocycles. The zero-order chi connectivity index (χ0) is 19.0. The Bertz CT molecular complexity index is 1020. The molecule has 0 unspecified atom stereocenters. The van der Waals surface area contributed by atoms with E-state index >= 15 is 0 Å². The molecule has 0 bridgehead atoms. The molecule has 5 nitrogen and oxygen atoms in total. The normalized spacial score (nSPS) is 10.8. The van der Waals surface area contributed by atoms with Crippen LogP contribution < -0.4 is 5.32 Å². The largest absolute Gasteiger partial charge is 0.354 e. The number of carbonyl (C=O) groups is 2. The number of ketones is 1. The topological polar surface area (TPSA) is 74.8 Å². The van der Waals surface area contributed by atoms with Gasteiger partial charge in [-0.2, -0.15) is 0 Å². The number of hydrogen-bond acceptors (Lipinski definition) is 4. The van der Waals surface area contributed by atoms with Crippen LogP contribution in [0.5, 0.6) is 0 Å². The van der Waals surface area contributed by atoms with Gasteiger partial charge in [0.2, 0.25) is 0 Å². The van der Waals surface area contributed by atoms with Crippen molar-refractivity contribution in [3.05, 3.63) is 57.7 Å². The SMILES string of the molecule is CC(=O)c1c(C)[nH]c(C(=O)Nc2nc(-c3ccc(F)c(F)c3)cs2)c1C. The third kappa shape index (κ3) is 3.28. The highest BCUT2D eigenvalue weighted by Gasteiger charge is 2.20. The van der Waals surface area contributed by atoms with Crippen molar-refractivity contribution in [2.45, 2.75) is 20.8 Å². The second kappa shape index (κ2) is 6.80. The fourth-order valence-corrected chi connectivity index (χ4v) is 3.50. The summed E-state index contributed by atoms with van der Waals surface area (Å²) in [5.41, 5.74) is 2.82. The molecule has 0 atom stereocenters. The van der Waals surface area contributed by atoms with Crippen molar-refractivity contribution < 1.29 is 18.4 Å². The second-order valence-electron chi connectivity index (χ2n) is 5.80. The summed E-state index contributed by atoms with van der Waals surface area (Å²) in [5, 5.41) is 4.60. The lowest BCUT2D eigenvalue weighted by molar-refractivity contribution is 0.101. The van der Waals surface area contributed by atoms with Gasteiger partial charge in [-0.05, 0) is 44.5 Å². The van der Waals surface area contributed by atoms with Crippen molar-refractivity contribution in [2.24, 2.45) is 0 Å². The van der Waals surface area contributed by atoms with Crippen LogP contribution in [0.4, 0.5) is 13.9 Å². The first-order valence-corrected chi connectivity index (χ1v) is 8.58. The minimum Gasteiger partial charge on any atom is -0.354 e. The van der Waals surface area contributed by atoms with Gasteiger partial charge in [0.25, 0.3) is 5.91 Å². The molecule has 0 aliphatic heterocycles. The zero-order valence-corrected chi connectivity index (χ0v) is 15.1. The number of aryl methyl sites for hydroxylation is 1. The number of carbonyl (C=O) groups excluding carboxylic acids is 2. The zero-order valence-electron chi connectivity index (χ0n) is 14.2. The van der Waals surface area contributed by atoms with E-state index in [0.717, 1.165) is 23.5 Å². The summed E-state index contributed by atoms with van der Waals surface area (Å²) in [7, 11) is 0. The summed E-state index contributed by atoms with van der Waals surface area (Å²) >= 11 is 1.16. The number of Topliss-reactive ketones (excluding diaryl/α,β-unsaturated/α-hetero) is 1. The van der Waals surface area contributed by atoms with E-state index in [0.29, 0.717) is 33.2 Å². The van der Waals surface area contributed by atoms with Gasteiger partial charge >= 0.3 is 0 Å². The van der Waals surface area contributed by atoms with E-state index < -0.39 is 17.5 Å². The number of H-pyrrole nitrogens is 1.